The van der Waals surface area contributed by atoms with Gasteiger partial charge in [0.05, 0.1) is 17.2 Å². The van der Waals surface area contributed by atoms with E-state index in [0.29, 0.717) is 0 Å². The molecular formula is C17H17NO3. The summed E-state index contributed by atoms with van der Waals surface area (Å²) in [5.74, 6) is -1.50. The number of rotatable bonds is 4. The molecule has 0 saturated heterocycles. The Kier molecular flexibility index (Phi) is 4.38. The zero-order chi connectivity index (χ0) is 15.4. The molecule has 0 fully saturated rings. The maximum Gasteiger partial charge on any atom is 0.336 e. The molecule has 0 spiro atoms. The minimum Gasteiger partial charge on any atom is -0.478 e. The lowest BCUT2D eigenvalue weighted by Crippen LogP contribution is -2.28. The van der Waals surface area contributed by atoms with Crippen molar-refractivity contribution in [3.63, 3.8) is 0 Å². The van der Waals surface area contributed by atoms with Crippen molar-refractivity contribution in [1.82, 2.24) is 5.32 Å². The highest BCUT2D eigenvalue weighted by Gasteiger charge is 2.17. The molecule has 0 aromatic heterocycles. The van der Waals surface area contributed by atoms with Crippen LogP contribution in [0, 0.1) is 6.92 Å². The molecule has 1 atom stereocenters. The third-order valence-corrected chi connectivity index (χ3v) is 3.33. The van der Waals surface area contributed by atoms with Crippen LogP contribution in [0.4, 0.5) is 0 Å². The monoisotopic (exact) mass is 283 g/mol. The number of nitrogens with one attached hydrogen (secondary N) is 1. The van der Waals surface area contributed by atoms with E-state index in [0.717, 1.165) is 11.1 Å². The lowest BCUT2D eigenvalue weighted by molar-refractivity contribution is 0.0690. The van der Waals surface area contributed by atoms with Crippen LogP contribution in [0.2, 0.25) is 0 Å². The highest BCUT2D eigenvalue weighted by atomic mass is 16.4. The van der Waals surface area contributed by atoms with Gasteiger partial charge in [0.2, 0.25) is 0 Å². The van der Waals surface area contributed by atoms with Crippen LogP contribution in [0.25, 0.3) is 0 Å². The summed E-state index contributed by atoms with van der Waals surface area (Å²) in [6.45, 7) is 3.86. The second-order valence-electron chi connectivity index (χ2n) is 4.96. The standard InChI is InChI=1S/C17H17NO3/c1-11-7-9-13(10-8-11)12(2)18-16(19)14-5-3-4-6-15(14)17(20)21/h3-10,12H,1-2H3,(H,18,19)(H,20,21). The predicted molar refractivity (Wildman–Crippen MR) is 80.5 cm³/mol. The van der Waals surface area contributed by atoms with Crippen molar-refractivity contribution < 1.29 is 14.7 Å². The number of benzene rings is 2. The van der Waals surface area contributed by atoms with Crippen molar-refractivity contribution in [2.75, 3.05) is 0 Å². The topological polar surface area (TPSA) is 66.4 Å². The van der Waals surface area contributed by atoms with E-state index in [1.807, 2.05) is 38.1 Å². The van der Waals surface area contributed by atoms with E-state index in [1.165, 1.54) is 12.1 Å². The van der Waals surface area contributed by atoms with Gasteiger partial charge in [-0.05, 0) is 31.5 Å². The highest BCUT2D eigenvalue weighted by molar-refractivity contribution is 6.04. The molecule has 2 N–H and O–H groups in total. The molecule has 21 heavy (non-hydrogen) atoms. The third-order valence-electron chi connectivity index (χ3n) is 3.33. The van der Waals surface area contributed by atoms with Crippen LogP contribution in [0.15, 0.2) is 48.5 Å². The van der Waals surface area contributed by atoms with Gasteiger partial charge in [0.25, 0.3) is 5.91 Å². The zero-order valence-corrected chi connectivity index (χ0v) is 12.0. The van der Waals surface area contributed by atoms with Crippen molar-refractivity contribution in [1.29, 1.82) is 0 Å². The molecule has 2 aromatic carbocycles. The van der Waals surface area contributed by atoms with Crippen LogP contribution < -0.4 is 5.32 Å². The number of carboxylic acids is 1. The smallest absolute Gasteiger partial charge is 0.336 e. The lowest BCUT2D eigenvalue weighted by atomic mass is 10.0. The Morgan fingerprint density at radius 3 is 2.14 bits per heavy atom. The van der Waals surface area contributed by atoms with E-state index in [-0.39, 0.29) is 23.1 Å². The van der Waals surface area contributed by atoms with Gasteiger partial charge >= 0.3 is 5.97 Å². The SMILES string of the molecule is Cc1ccc(C(C)NC(=O)c2ccccc2C(=O)O)cc1. The van der Waals surface area contributed by atoms with Gasteiger partial charge in [0.15, 0.2) is 0 Å². The average Bonchev–Trinajstić information content (AvgIpc) is 2.47. The van der Waals surface area contributed by atoms with Crippen LogP contribution in [0.3, 0.4) is 0 Å². The van der Waals surface area contributed by atoms with Crippen molar-refractivity contribution in [2.24, 2.45) is 0 Å². The van der Waals surface area contributed by atoms with Gasteiger partial charge in [-0.2, -0.15) is 0 Å². The minimum atomic E-state index is -1.11. The summed E-state index contributed by atoms with van der Waals surface area (Å²) in [5.41, 5.74) is 2.30. The van der Waals surface area contributed by atoms with Crippen LogP contribution in [-0.2, 0) is 0 Å². The summed E-state index contributed by atoms with van der Waals surface area (Å²) in [5, 5.41) is 11.9. The molecule has 0 heterocycles. The number of carbonyl (C=O) groups excluding carboxylic acids is 1. The van der Waals surface area contributed by atoms with E-state index in [4.69, 9.17) is 5.11 Å². The number of aryl methyl sites for hydroxylation is 1. The first kappa shape index (κ1) is 14.8. The molecule has 4 nitrogen and oxygen atoms in total. The molecule has 108 valence electrons. The summed E-state index contributed by atoms with van der Waals surface area (Å²) < 4.78 is 0. The fourth-order valence-electron chi connectivity index (χ4n) is 2.08. The van der Waals surface area contributed by atoms with Crippen molar-refractivity contribution >= 4 is 11.9 Å². The minimum absolute atomic E-state index is 0.00565. The molecule has 0 saturated carbocycles. The summed E-state index contributed by atoms with van der Waals surface area (Å²) >= 11 is 0. The van der Waals surface area contributed by atoms with Crippen LogP contribution >= 0.6 is 0 Å². The summed E-state index contributed by atoms with van der Waals surface area (Å²) in [6.07, 6.45) is 0. The number of carbonyl (C=O) groups is 2. The van der Waals surface area contributed by atoms with E-state index >= 15 is 0 Å². The molecule has 0 aliphatic rings. The Bertz CT molecular complexity index is 662. The first-order chi connectivity index (χ1) is 9.99. The van der Waals surface area contributed by atoms with Gasteiger partial charge in [0.1, 0.15) is 0 Å². The van der Waals surface area contributed by atoms with Gasteiger partial charge in [0, 0.05) is 0 Å². The van der Waals surface area contributed by atoms with Gasteiger partial charge in [-0.25, -0.2) is 4.79 Å². The summed E-state index contributed by atoms with van der Waals surface area (Å²) in [4.78, 5) is 23.4. The van der Waals surface area contributed by atoms with E-state index in [2.05, 4.69) is 5.32 Å². The molecule has 0 bridgehead atoms. The van der Waals surface area contributed by atoms with Gasteiger partial charge in [-0.3, -0.25) is 4.79 Å². The quantitative estimate of drug-likeness (QED) is 0.905. The Labute approximate surface area is 123 Å². The first-order valence-corrected chi connectivity index (χ1v) is 6.69. The lowest BCUT2D eigenvalue weighted by Gasteiger charge is -2.15. The van der Waals surface area contributed by atoms with Crippen molar-refractivity contribution in [3.05, 3.63) is 70.8 Å². The van der Waals surface area contributed by atoms with Gasteiger partial charge in [-0.15, -0.1) is 0 Å². The van der Waals surface area contributed by atoms with Crippen molar-refractivity contribution in [3.8, 4) is 0 Å². The fourth-order valence-corrected chi connectivity index (χ4v) is 2.08. The number of aromatic carboxylic acids is 1. The predicted octanol–water partition coefficient (Wildman–Crippen LogP) is 3.18. The average molecular weight is 283 g/mol. The maximum atomic E-state index is 12.2. The Balaban J connectivity index is 2.18. The Morgan fingerprint density at radius 1 is 1.00 bits per heavy atom. The van der Waals surface area contributed by atoms with Gasteiger partial charge in [-0.1, -0.05) is 42.0 Å². The molecule has 0 aliphatic heterocycles. The second kappa shape index (κ2) is 6.22. The van der Waals surface area contributed by atoms with Crippen molar-refractivity contribution in [2.45, 2.75) is 19.9 Å². The molecule has 2 aromatic rings. The van der Waals surface area contributed by atoms with E-state index in [9.17, 15) is 9.59 Å². The van der Waals surface area contributed by atoms with Crippen LogP contribution in [-0.4, -0.2) is 17.0 Å². The van der Waals surface area contributed by atoms with E-state index in [1.54, 1.807) is 12.1 Å². The molecule has 4 heteroatoms. The Hall–Kier alpha value is -2.62. The molecule has 0 radical (unpaired) electrons. The second-order valence-corrected chi connectivity index (χ2v) is 4.96. The fraction of sp³-hybridized carbons (Fsp3) is 0.176. The molecular weight excluding hydrogens is 266 g/mol. The molecule has 1 unspecified atom stereocenters. The molecule has 1 amide bonds. The number of hydrogen-bond acceptors (Lipinski definition) is 2. The van der Waals surface area contributed by atoms with E-state index < -0.39 is 5.97 Å². The number of carboxylic acid groups (broad SMARTS) is 1. The summed E-state index contributed by atoms with van der Waals surface area (Å²) in [7, 11) is 0. The van der Waals surface area contributed by atoms with Gasteiger partial charge < -0.3 is 10.4 Å². The van der Waals surface area contributed by atoms with Crippen LogP contribution in [0.1, 0.15) is 44.8 Å². The molecule has 0 aliphatic carbocycles. The maximum absolute atomic E-state index is 12.2. The third kappa shape index (κ3) is 3.48. The number of amides is 1. The first-order valence-electron chi connectivity index (χ1n) is 6.69. The summed E-state index contributed by atoms with van der Waals surface area (Å²) in [6, 6.07) is 13.8. The van der Waals surface area contributed by atoms with Crippen LogP contribution in [0.5, 0.6) is 0 Å². The largest absolute Gasteiger partial charge is 0.478 e. The normalized spacial score (nSPS) is 11.7. The zero-order valence-electron chi connectivity index (χ0n) is 12.0. The number of hydrogen-bond donors (Lipinski definition) is 2. The molecule has 2 rings (SSSR count). The Morgan fingerprint density at radius 2 is 1.57 bits per heavy atom. The highest BCUT2D eigenvalue weighted by Crippen LogP contribution is 2.15.